The Morgan fingerprint density at radius 1 is 1.14 bits per heavy atom. The van der Waals surface area contributed by atoms with Gasteiger partial charge in [0.2, 0.25) is 0 Å². The van der Waals surface area contributed by atoms with Crippen LogP contribution in [0.4, 0.5) is 0 Å². The molecule has 0 radical (unpaired) electrons. The molecule has 0 atom stereocenters. The lowest BCUT2D eigenvalue weighted by Gasteiger charge is -2.35. The van der Waals surface area contributed by atoms with Crippen LogP contribution in [0.5, 0.6) is 0 Å². The van der Waals surface area contributed by atoms with Gasteiger partial charge < -0.3 is 14.8 Å². The minimum atomic E-state index is -0.248. The minimum Gasteiger partial charge on any atom is -0.348 e. The van der Waals surface area contributed by atoms with E-state index < -0.39 is 0 Å². The largest absolute Gasteiger partial charge is 0.348 e. The van der Waals surface area contributed by atoms with Gasteiger partial charge in [-0.25, -0.2) is 0 Å². The predicted molar refractivity (Wildman–Crippen MR) is 83.5 cm³/mol. The van der Waals surface area contributed by atoms with E-state index in [0.717, 1.165) is 45.4 Å². The van der Waals surface area contributed by atoms with Crippen molar-refractivity contribution in [1.29, 1.82) is 0 Å². The van der Waals surface area contributed by atoms with E-state index in [1.807, 2.05) is 0 Å². The van der Waals surface area contributed by atoms with Crippen molar-refractivity contribution in [3.63, 3.8) is 0 Å². The van der Waals surface area contributed by atoms with Gasteiger partial charge in [0.15, 0.2) is 5.79 Å². The van der Waals surface area contributed by atoms with E-state index in [1.165, 1.54) is 31.4 Å². The Kier molecular flexibility index (Phi) is 4.20. The summed E-state index contributed by atoms with van der Waals surface area (Å²) < 4.78 is 13.8. The molecule has 1 aromatic heterocycles. The number of aromatic nitrogens is 2. The highest BCUT2D eigenvalue weighted by molar-refractivity contribution is 5.00. The fraction of sp³-hybridized carbons (Fsp3) is 0.824. The molecular formula is C17H27N3O2. The van der Waals surface area contributed by atoms with E-state index in [4.69, 9.17) is 14.6 Å². The van der Waals surface area contributed by atoms with Gasteiger partial charge in [0.1, 0.15) is 0 Å². The molecule has 1 aromatic rings. The van der Waals surface area contributed by atoms with Crippen molar-refractivity contribution in [3.05, 3.63) is 18.0 Å². The maximum Gasteiger partial charge on any atom is 0.168 e. The molecule has 0 amide bonds. The summed E-state index contributed by atoms with van der Waals surface area (Å²) in [6.07, 6.45) is 11.7. The first-order valence-electron chi connectivity index (χ1n) is 8.88. The van der Waals surface area contributed by atoms with Crippen LogP contribution in [0.15, 0.2) is 12.3 Å². The van der Waals surface area contributed by atoms with Crippen molar-refractivity contribution in [3.8, 4) is 0 Å². The average Bonchev–Trinajstić information content (AvgIpc) is 3.29. The summed E-state index contributed by atoms with van der Waals surface area (Å²) in [5.41, 5.74) is 1.17. The minimum absolute atomic E-state index is 0.248. The molecule has 1 spiro atoms. The molecule has 2 aliphatic carbocycles. The van der Waals surface area contributed by atoms with Gasteiger partial charge in [-0.2, -0.15) is 5.10 Å². The fourth-order valence-electron chi connectivity index (χ4n) is 4.14. The lowest BCUT2D eigenvalue weighted by molar-refractivity contribution is -0.179. The van der Waals surface area contributed by atoms with Gasteiger partial charge in [-0.1, -0.05) is 12.8 Å². The molecule has 0 bridgehead atoms. The van der Waals surface area contributed by atoms with Crippen LogP contribution in [0.25, 0.3) is 0 Å². The smallest absolute Gasteiger partial charge is 0.168 e. The lowest BCUT2D eigenvalue weighted by atomic mass is 9.90. The highest BCUT2D eigenvalue weighted by atomic mass is 16.7. The second-order valence-corrected chi connectivity index (χ2v) is 6.99. The summed E-state index contributed by atoms with van der Waals surface area (Å²) in [5.74, 6) is -0.248. The Bertz CT molecular complexity index is 480. The topological polar surface area (TPSA) is 48.3 Å². The third-order valence-corrected chi connectivity index (χ3v) is 5.50. The lowest BCUT2D eigenvalue weighted by Crippen LogP contribution is -2.41. The highest BCUT2D eigenvalue weighted by Crippen LogP contribution is 2.35. The Balaban J connectivity index is 1.25. The number of rotatable bonds is 4. The quantitative estimate of drug-likeness (QED) is 0.929. The van der Waals surface area contributed by atoms with E-state index >= 15 is 0 Å². The van der Waals surface area contributed by atoms with Gasteiger partial charge in [-0.05, 0) is 31.7 Å². The number of hydrogen-bond acceptors (Lipinski definition) is 4. The third kappa shape index (κ3) is 3.07. The Morgan fingerprint density at radius 2 is 1.86 bits per heavy atom. The number of nitrogens with zero attached hydrogens (tertiary/aromatic N) is 2. The average molecular weight is 305 g/mol. The zero-order chi connectivity index (χ0) is 14.8. The Labute approximate surface area is 132 Å². The fourth-order valence-corrected chi connectivity index (χ4v) is 4.14. The standard InChI is InChI=1S/C17H27N3O2/c1-2-4-16(3-1)20-10-7-15(19-20)13-18-14-5-8-17(9-6-14)21-11-12-22-17/h7,10,14,16,18H,1-6,8-9,11-13H2. The van der Waals surface area contributed by atoms with Gasteiger partial charge >= 0.3 is 0 Å². The molecule has 1 aliphatic heterocycles. The van der Waals surface area contributed by atoms with Crippen LogP contribution in [0.1, 0.15) is 63.1 Å². The van der Waals surface area contributed by atoms with Crippen molar-refractivity contribution in [2.24, 2.45) is 0 Å². The summed E-state index contributed by atoms with van der Waals surface area (Å²) in [6.45, 7) is 2.40. The highest BCUT2D eigenvalue weighted by Gasteiger charge is 2.40. The molecule has 1 saturated heterocycles. The Hall–Kier alpha value is -0.910. The first-order chi connectivity index (χ1) is 10.8. The summed E-state index contributed by atoms with van der Waals surface area (Å²) in [6, 6.07) is 3.37. The molecule has 2 heterocycles. The van der Waals surface area contributed by atoms with Crippen molar-refractivity contribution in [2.45, 2.75) is 75.8 Å². The zero-order valence-electron chi connectivity index (χ0n) is 13.3. The maximum atomic E-state index is 5.79. The molecule has 3 fully saturated rings. The van der Waals surface area contributed by atoms with E-state index in [-0.39, 0.29) is 5.79 Å². The first-order valence-corrected chi connectivity index (χ1v) is 8.88. The van der Waals surface area contributed by atoms with Crippen LogP contribution < -0.4 is 5.32 Å². The van der Waals surface area contributed by atoms with Gasteiger partial charge in [-0.3, -0.25) is 4.68 Å². The Morgan fingerprint density at radius 3 is 2.59 bits per heavy atom. The molecule has 4 rings (SSSR count). The van der Waals surface area contributed by atoms with Gasteiger partial charge in [0.25, 0.3) is 0 Å². The van der Waals surface area contributed by atoms with E-state index in [1.54, 1.807) is 0 Å². The number of ether oxygens (including phenoxy) is 2. The molecule has 5 nitrogen and oxygen atoms in total. The van der Waals surface area contributed by atoms with E-state index in [9.17, 15) is 0 Å². The molecule has 0 aromatic carbocycles. The van der Waals surface area contributed by atoms with E-state index in [0.29, 0.717) is 12.1 Å². The maximum absolute atomic E-state index is 5.79. The summed E-state index contributed by atoms with van der Waals surface area (Å²) >= 11 is 0. The van der Waals surface area contributed by atoms with Crippen LogP contribution in [-0.2, 0) is 16.0 Å². The third-order valence-electron chi connectivity index (χ3n) is 5.50. The van der Waals surface area contributed by atoms with Crippen LogP contribution in [0.3, 0.4) is 0 Å². The van der Waals surface area contributed by atoms with Gasteiger partial charge in [-0.15, -0.1) is 0 Å². The van der Waals surface area contributed by atoms with Crippen LogP contribution in [-0.4, -0.2) is 34.8 Å². The molecule has 5 heteroatoms. The SMILES string of the molecule is c1cn(C2CCCC2)nc1CNC1CCC2(CC1)OCCO2. The summed E-state index contributed by atoms with van der Waals surface area (Å²) in [4.78, 5) is 0. The first kappa shape index (κ1) is 14.7. The van der Waals surface area contributed by atoms with Crippen molar-refractivity contribution in [2.75, 3.05) is 13.2 Å². The predicted octanol–water partition coefficient (Wildman–Crippen LogP) is 2.77. The van der Waals surface area contributed by atoms with E-state index in [2.05, 4.69) is 22.3 Å². The second-order valence-electron chi connectivity index (χ2n) is 6.99. The van der Waals surface area contributed by atoms with Gasteiger partial charge in [0, 0.05) is 31.6 Å². The van der Waals surface area contributed by atoms with Crippen molar-refractivity contribution < 1.29 is 9.47 Å². The number of hydrogen-bond donors (Lipinski definition) is 1. The van der Waals surface area contributed by atoms with Crippen molar-refractivity contribution >= 4 is 0 Å². The molecule has 0 unspecified atom stereocenters. The molecule has 22 heavy (non-hydrogen) atoms. The normalized spacial score (nSPS) is 26.2. The molecule has 1 N–H and O–H groups in total. The molecule has 3 aliphatic rings. The monoisotopic (exact) mass is 305 g/mol. The van der Waals surface area contributed by atoms with Crippen LogP contribution >= 0.6 is 0 Å². The molecule has 2 saturated carbocycles. The second kappa shape index (κ2) is 6.30. The van der Waals surface area contributed by atoms with Crippen molar-refractivity contribution in [1.82, 2.24) is 15.1 Å². The van der Waals surface area contributed by atoms with Gasteiger partial charge in [0.05, 0.1) is 24.9 Å². The summed E-state index contributed by atoms with van der Waals surface area (Å²) in [5, 5.41) is 8.41. The van der Waals surface area contributed by atoms with Crippen LogP contribution in [0, 0.1) is 0 Å². The van der Waals surface area contributed by atoms with Crippen LogP contribution in [0.2, 0.25) is 0 Å². The summed E-state index contributed by atoms with van der Waals surface area (Å²) in [7, 11) is 0. The number of nitrogens with one attached hydrogen (secondary N) is 1. The molecule has 122 valence electrons. The zero-order valence-corrected chi connectivity index (χ0v) is 13.3. The molecular weight excluding hydrogens is 278 g/mol.